The summed E-state index contributed by atoms with van der Waals surface area (Å²) in [6.07, 6.45) is 1.72. The van der Waals surface area contributed by atoms with Crippen molar-refractivity contribution in [2.45, 2.75) is 13.8 Å². The van der Waals surface area contributed by atoms with Gasteiger partial charge in [0, 0.05) is 35.4 Å². The maximum absolute atomic E-state index is 12.4. The van der Waals surface area contributed by atoms with Crippen LogP contribution in [-0.2, 0) is 4.79 Å². The van der Waals surface area contributed by atoms with Crippen molar-refractivity contribution in [3.05, 3.63) is 76.4 Å². The number of carbonyl (C=O) groups is 1. The summed E-state index contributed by atoms with van der Waals surface area (Å²) in [7, 11) is 0. The number of hydrogen-bond donors (Lipinski definition) is 1. The molecule has 2 aromatic carbocycles. The van der Waals surface area contributed by atoms with Crippen molar-refractivity contribution in [2.24, 2.45) is 4.99 Å². The number of hydrogen-bond acceptors (Lipinski definition) is 5. The number of thioether (sulfide) groups is 1. The van der Waals surface area contributed by atoms with Crippen LogP contribution in [0.25, 0.3) is 17.4 Å². The van der Waals surface area contributed by atoms with Crippen molar-refractivity contribution in [3.8, 4) is 11.3 Å². The first-order chi connectivity index (χ1) is 15.1. The highest BCUT2D eigenvalue weighted by Gasteiger charge is 2.24. The van der Waals surface area contributed by atoms with Gasteiger partial charge in [-0.1, -0.05) is 23.7 Å². The van der Waals surface area contributed by atoms with Gasteiger partial charge in [0.05, 0.1) is 10.6 Å². The molecule has 0 atom stereocenters. The Hall–Kier alpha value is -2.96. The molecule has 0 spiro atoms. The summed E-state index contributed by atoms with van der Waals surface area (Å²) in [6, 6.07) is 19.2. The fourth-order valence-electron chi connectivity index (χ4n) is 3.28. The van der Waals surface area contributed by atoms with Gasteiger partial charge >= 0.3 is 0 Å². The van der Waals surface area contributed by atoms with Crippen LogP contribution in [0.5, 0.6) is 0 Å². The molecule has 0 radical (unpaired) electrons. The SMILES string of the molecule is CCN(CC)c1ccc(N=C2NC(=O)C(=Cc3ccc(-c4cccc(Cl)c4)o3)S2)cc1. The van der Waals surface area contributed by atoms with Gasteiger partial charge in [-0.15, -0.1) is 0 Å². The Labute approximate surface area is 190 Å². The van der Waals surface area contributed by atoms with Crippen molar-refractivity contribution < 1.29 is 9.21 Å². The van der Waals surface area contributed by atoms with Crippen LogP contribution in [0.2, 0.25) is 5.02 Å². The third-order valence-electron chi connectivity index (χ3n) is 4.87. The second kappa shape index (κ2) is 9.45. The highest BCUT2D eigenvalue weighted by molar-refractivity contribution is 8.18. The van der Waals surface area contributed by atoms with Gasteiger partial charge in [-0.25, -0.2) is 4.99 Å². The average Bonchev–Trinajstić information content (AvgIpc) is 3.37. The van der Waals surface area contributed by atoms with E-state index in [1.54, 1.807) is 6.08 Å². The van der Waals surface area contributed by atoms with Crippen LogP contribution in [-0.4, -0.2) is 24.2 Å². The van der Waals surface area contributed by atoms with Gasteiger partial charge in [0.25, 0.3) is 5.91 Å². The molecule has 0 aliphatic carbocycles. The molecule has 158 valence electrons. The normalized spacial score (nSPS) is 16.2. The van der Waals surface area contributed by atoms with Crippen molar-refractivity contribution in [2.75, 3.05) is 18.0 Å². The molecule has 0 bridgehead atoms. The van der Waals surface area contributed by atoms with Gasteiger partial charge < -0.3 is 14.6 Å². The average molecular weight is 452 g/mol. The van der Waals surface area contributed by atoms with E-state index in [0.29, 0.717) is 26.6 Å². The van der Waals surface area contributed by atoms with E-state index >= 15 is 0 Å². The summed E-state index contributed by atoms with van der Waals surface area (Å²) in [5, 5.41) is 4.01. The number of amidine groups is 1. The molecule has 7 heteroatoms. The summed E-state index contributed by atoms with van der Waals surface area (Å²) in [4.78, 5) is 19.7. The van der Waals surface area contributed by atoms with Crippen molar-refractivity contribution in [1.82, 2.24) is 5.32 Å². The molecule has 4 rings (SSSR count). The number of carbonyl (C=O) groups excluding carboxylic acids is 1. The number of anilines is 1. The summed E-state index contributed by atoms with van der Waals surface area (Å²) >= 11 is 7.35. The second-order valence-electron chi connectivity index (χ2n) is 6.88. The molecule has 0 saturated carbocycles. The van der Waals surface area contributed by atoms with Crippen molar-refractivity contribution in [1.29, 1.82) is 0 Å². The first-order valence-corrected chi connectivity index (χ1v) is 11.3. The van der Waals surface area contributed by atoms with Crippen LogP contribution in [0.4, 0.5) is 11.4 Å². The van der Waals surface area contributed by atoms with E-state index in [9.17, 15) is 4.79 Å². The quantitative estimate of drug-likeness (QED) is 0.444. The van der Waals surface area contributed by atoms with E-state index in [2.05, 4.69) is 29.1 Å². The number of aliphatic imine (C=N–C) groups is 1. The highest BCUT2D eigenvalue weighted by atomic mass is 35.5. The molecule has 1 N–H and O–H groups in total. The van der Waals surface area contributed by atoms with E-state index in [4.69, 9.17) is 16.0 Å². The van der Waals surface area contributed by atoms with E-state index in [-0.39, 0.29) is 5.91 Å². The molecule has 1 aliphatic heterocycles. The Kier molecular flexibility index (Phi) is 6.49. The molecule has 5 nitrogen and oxygen atoms in total. The minimum absolute atomic E-state index is 0.191. The Balaban J connectivity index is 1.49. The standard InChI is InChI=1S/C24H22ClN3O2S/c1-3-28(4-2)19-10-8-18(9-11-19)26-24-27-23(29)22(31-24)15-20-12-13-21(30-20)16-6-5-7-17(25)14-16/h5-15H,3-4H2,1-2H3,(H,26,27,29). The summed E-state index contributed by atoms with van der Waals surface area (Å²) in [5.74, 6) is 1.10. The third-order valence-corrected chi connectivity index (χ3v) is 6.01. The number of nitrogens with one attached hydrogen (secondary N) is 1. The first-order valence-electron chi connectivity index (χ1n) is 10.1. The number of rotatable bonds is 6. The lowest BCUT2D eigenvalue weighted by molar-refractivity contribution is -0.115. The van der Waals surface area contributed by atoms with Crippen LogP contribution >= 0.6 is 23.4 Å². The van der Waals surface area contributed by atoms with E-state index in [1.807, 2.05) is 60.7 Å². The van der Waals surface area contributed by atoms with E-state index in [1.165, 1.54) is 11.8 Å². The molecule has 2 heterocycles. The maximum atomic E-state index is 12.4. The van der Waals surface area contributed by atoms with Crippen LogP contribution in [0, 0.1) is 0 Å². The minimum Gasteiger partial charge on any atom is -0.457 e. The predicted molar refractivity (Wildman–Crippen MR) is 130 cm³/mol. The van der Waals surface area contributed by atoms with Crippen LogP contribution in [0.1, 0.15) is 19.6 Å². The van der Waals surface area contributed by atoms with Crippen LogP contribution in [0.15, 0.2) is 75.0 Å². The van der Waals surface area contributed by atoms with Crippen LogP contribution in [0.3, 0.4) is 0 Å². The zero-order valence-electron chi connectivity index (χ0n) is 17.3. The van der Waals surface area contributed by atoms with Gasteiger partial charge in [0.2, 0.25) is 0 Å². The summed E-state index contributed by atoms with van der Waals surface area (Å²) in [6.45, 7) is 6.17. The molecule has 1 aromatic heterocycles. The fourth-order valence-corrected chi connectivity index (χ4v) is 4.29. The molecule has 1 saturated heterocycles. The van der Waals surface area contributed by atoms with Crippen molar-refractivity contribution >= 4 is 51.9 Å². The number of amides is 1. The maximum Gasteiger partial charge on any atom is 0.264 e. The van der Waals surface area contributed by atoms with Crippen LogP contribution < -0.4 is 10.2 Å². The summed E-state index contributed by atoms with van der Waals surface area (Å²) in [5.41, 5.74) is 2.84. The van der Waals surface area contributed by atoms with Gasteiger partial charge in [-0.2, -0.15) is 0 Å². The smallest absolute Gasteiger partial charge is 0.264 e. The Morgan fingerprint density at radius 3 is 2.58 bits per heavy atom. The predicted octanol–water partition coefficient (Wildman–Crippen LogP) is 6.34. The van der Waals surface area contributed by atoms with E-state index in [0.717, 1.165) is 30.0 Å². The molecular weight excluding hydrogens is 430 g/mol. The van der Waals surface area contributed by atoms with Gasteiger partial charge in [-0.05, 0) is 74.1 Å². The lowest BCUT2D eigenvalue weighted by Gasteiger charge is -2.20. The number of benzene rings is 2. The molecular formula is C24H22ClN3O2S. The zero-order chi connectivity index (χ0) is 21.8. The zero-order valence-corrected chi connectivity index (χ0v) is 18.8. The molecule has 1 amide bonds. The first kappa shape index (κ1) is 21.3. The van der Waals surface area contributed by atoms with Gasteiger partial charge in [0.15, 0.2) is 5.17 Å². The largest absolute Gasteiger partial charge is 0.457 e. The topological polar surface area (TPSA) is 57.8 Å². The molecule has 3 aromatic rings. The number of nitrogens with zero attached hydrogens (tertiary/aromatic N) is 2. The molecule has 0 unspecified atom stereocenters. The molecule has 1 aliphatic rings. The van der Waals surface area contributed by atoms with Gasteiger partial charge in [-0.3, -0.25) is 4.79 Å². The number of furan rings is 1. The Morgan fingerprint density at radius 1 is 1.10 bits per heavy atom. The lowest BCUT2D eigenvalue weighted by atomic mass is 10.2. The Morgan fingerprint density at radius 2 is 1.87 bits per heavy atom. The lowest BCUT2D eigenvalue weighted by Crippen LogP contribution is -2.21. The third kappa shape index (κ3) is 5.03. The minimum atomic E-state index is -0.191. The summed E-state index contributed by atoms with van der Waals surface area (Å²) < 4.78 is 5.87. The molecule has 1 fully saturated rings. The Bertz CT molecular complexity index is 1150. The van der Waals surface area contributed by atoms with Gasteiger partial charge in [0.1, 0.15) is 11.5 Å². The number of halogens is 1. The molecule has 31 heavy (non-hydrogen) atoms. The monoisotopic (exact) mass is 451 g/mol. The second-order valence-corrected chi connectivity index (χ2v) is 8.35. The highest BCUT2D eigenvalue weighted by Crippen LogP contribution is 2.31. The van der Waals surface area contributed by atoms with Crippen molar-refractivity contribution in [3.63, 3.8) is 0 Å². The fraction of sp³-hybridized carbons (Fsp3) is 0.167. The van der Waals surface area contributed by atoms with E-state index < -0.39 is 0 Å².